The quantitative estimate of drug-likeness (QED) is 0.487. The van der Waals surface area contributed by atoms with Crippen molar-refractivity contribution in [3.63, 3.8) is 0 Å². The first-order valence-electron chi connectivity index (χ1n) is 4.15. The van der Waals surface area contributed by atoms with Gasteiger partial charge in [0.25, 0.3) is 0 Å². The van der Waals surface area contributed by atoms with E-state index in [2.05, 4.69) is 4.74 Å². The predicted molar refractivity (Wildman–Crippen MR) is 45.9 cm³/mol. The third kappa shape index (κ3) is 6.02. The lowest BCUT2D eigenvalue weighted by Crippen LogP contribution is -2.18. The number of ketones is 1. The van der Waals surface area contributed by atoms with Gasteiger partial charge < -0.3 is 9.53 Å². The van der Waals surface area contributed by atoms with E-state index in [-0.39, 0.29) is 5.78 Å². The lowest BCUT2D eigenvalue weighted by atomic mass is 10.0. The first-order valence-corrected chi connectivity index (χ1v) is 4.15. The van der Waals surface area contributed by atoms with Crippen molar-refractivity contribution in [2.45, 2.75) is 33.6 Å². The van der Waals surface area contributed by atoms with Crippen LogP contribution >= 0.6 is 0 Å². The monoisotopic (exact) mass is 186 g/mol. The lowest BCUT2D eigenvalue weighted by molar-refractivity contribution is -0.160. The van der Waals surface area contributed by atoms with Crippen LogP contribution < -0.4 is 0 Å². The van der Waals surface area contributed by atoms with Gasteiger partial charge in [-0.05, 0) is 13.3 Å². The van der Waals surface area contributed by atoms with Crippen molar-refractivity contribution in [1.29, 1.82) is 0 Å². The molecule has 13 heavy (non-hydrogen) atoms. The molecule has 0 radical (unpaired) electrons. The molecule has 0 saturated heterocycles. The molecule has 0 aromatic heterocycles. The van der Waals surface area contributed by atoms with Crippen LogP contribution in [-0.4, -0.2) is 17.7 Å². The number of carbonyl (C=O) groups excluding carboxylic acids is 3. The number of Topliss-reactive ketones (excluding diaryl/α,β-unsaturated/α-hetero) is 1. The Balaban J connectivity index is 3.82. The second-order valence-electron chi connectivity index (χ2n) is 3.05. The molecule has 0 unspecified atom stereocenters. The Morgan fingerprint density at radius 1 is 1.23 bits per heavy atom. The first kappa shape index (κ1) is 11.8. The van der Waals surface area contributed by atoms with Crippen LogP contribution in [0.5, 0.6) is 0 Å². The molecule has 0 rings (SSSR count). The molecule has 0 heterocycles. The van der Waals surface area contributed by atoms with Crippen molar-refractivity contribution < 1.29 is 19.1 Å². The topological polar surface area (TPSA) is 60.4 Å². The van der Waals surface area contributed by atoms with Gasteiger partial charge in [-0.1, -0.05) is 6.92 Å². The van der Waals surface area contributed by atoms with E-state index in [1.165, 1.54) is 13.8 Å². The van der Waals surface area contributed by atoms with Crippen molar-refractivity contribution in [2.24, 2.45) is 5.92 Å². The molecule has 74 valence electrons. The van der Waals surface area contributed by atoms with E-state index in [1.807, 2.05) is 0 Å². The molecule has 0 aliphatic carbocycles. The largest absolute Gasteiger partial charge is 0.393 e. The van der Waals surface area contributed by atoms with Gasteiger partial charge in [-0.2, -0.15) is 0 Å². The highest BCUT2D eigenvalue weighted by Gasteiger charge is 2.16. The molecule has 0 N–H and O–H groups in total. The second-order valence-corrected chi connectivity index (χ2v) is 3.05. The Morgan fingerprint density at radius 2 is 1.77 bits per heavy atom. The summed E-state index contributed by atoms with van der Waals surface area (Å²) in [4.78, 5) is 32.0. The van der Waals surface area contributed by atoms with E-state index in [0.29, 0.717) is 12.8 Å². The summed E-state index contributed by atoms with van der Waals surface area (Å²) >= 11 is 0. The third-order valence-corrected chi connectivity index (χ3v) is 1.58. The molecule has 4 nitrogen and oxygen atoms in total. The average molecular weight is 186 g/mol. The Bertz CT molecular complexity index is 220. The summed E-state index contributed by atoms with van der Waals surface area (Å²) in [5.74, 6) is -1.54. The maximum Gasteiger partial charge on any atom is 0.316 e. The predicted octanol–water partition coefficient (Wildman–Crippen LogP) is 1.08. The van der Waals surface area contributed by atoms with Crippen molar-refractivity contribution >= 4 is 17.7 Å². The van der Waals surface area contributed by atoms with Gasteiger partial charge in [0, 0.05) is 13.3 Å². The zero-order valence-electron chi connectivity index (χ0n) is 8.12. The number of hydrogen-bond acceptors (Lipinski definition) is 4. The summed E-state index contributed by atoms with van der Waals surface area (Å²) < 4.78 is 4.36. The van der Waals surface area contributed by atoms with Gasteiger partial charge in [0.05, 0.1) is 5.92 Å². The zero-order valence-corrected chi connectivity index (χ0v) is 8.12. The van der Waals surface area contributed by atoms with E-state index in [0.717, 1.165) is 0 Å². The van der Waals surface area contributed by atoms with Crippen molar-refractivity contribution in [2.75, 3.05) is 0 Å². The summed E-state index contributed by atoms with van der Waals surface area (Å²) in [5, 5.41) is 0. The normalized spacial score (nSPS) is 11.9. The molecular weight excluding hydrogens is 172 g/mol. The lowest BCUT2D eigenvalue weighted by Gasteiger charge is -2.07. The first-order chi connectivity index (χ1) is 5.93. The van der Waals surface area contributed by atoms with Gasteiger partial charge in [0.2, 0.25) is 0 Å². The summed E-state index contributed by atoms with van der Waals surface area (Å²) in [6, 6.07) is 0. The van der Waals surface area contributed by atoms with Crippen LogP contribution in [0.4, 0.5) is 0 Å². The van der Waals surface area contributed by atoms with Crippen LogP contribution in [0.2, 0.25) is 0 Å². The molecule has 0 spiro atoms. The maximum atomic E-state index is 11.0. The Kier molecular flexibility index (Phi) is 4.96. The van der Waals surface area contributed by atoms with Crippen LogP contribution in [0.25, 0.3) is 0 Å². The molecule has 0 fully saturated rings. The van der Waals surface area contributed by atoms with Crippen molar-refractivity contribution in [1.82, 2.24) is 0 Å². The van der Waals surface area contributed by atoms with Crippen molar-refractivity contribution in [3.05, 3.63) is 0 Å². The Labute approximate surface area is 77.3 Å². The zero-order chi connectivity index (χ0) is 10.4. The van der Waals surface area contributed by atoms with Crippen LogP contribution in [-0.2, 0) is 19.1 Å². The molecule has 0 aromatic rings. The number of carbonyl (C=O) groups is 3. The van der Waals surface area contributed by atoms with Gasteiger partial charge in [0.15, 0.2) is 0 Å². The fourth-order valence-electron chi connectivity index (χ4n) is 0.780. The molecule has 4 heteroatoms. The third-order valence-electron chi connectivity index (χ3n) is 1.58. The summed E-state index contributed by atoms with van der Waals surface area (Å²) in [6.45, 7) is 4.27. The minimum Gasteiger partial charge on any atom is -0.393 e. The second kappa shape index (κ2) is 5.45. The number of hydrogen-bond donors (Lipinski definition) is 0. The number of rotatable bonds is 4. The minimum atomic E-state index is -0.611. The van der Waals surface area contributed by atoms with E-state index in [9.17, 15) is 14.4 Å². The summed E-state index contributed by atoms with van der Waals surface area (Å²) in [7, 11) is 0. The van der Waals surface area contributed by atoms with Crippen LogP contribution in [0.1, 0.15) is 33.6 Å². The van der Waals surface area contributed by atoms with Gasteiger partial charge in [-0.25, -0.2) is 0 Å². The van der Waals surface area contributed by atoms with Crippen LogP contribution in [0.15, 0.2) is 0 Å². The van der Waals surface area contributed by atoms with Gasteiger partial charge in [-0.3, -0.25) is 9.59 Å². The molecule has 0 aliphatic rings. The van der Waals surface area contributed by atoms with Gasteiger partial charge >= 0.3 is 11.9 Å². The average Bonchev–Trinajstić information content (AvgIpc) is 1.98. The molecular formula is C9H14O4. The fraction of sp³-hybridized carbons (Fsp3) is 0.667. The van der Waals surface area contributed by atoms with E-state index >= 15 is 0 Å². The van der Waals surface area contributed by atoms with Gasteiger partial charge in [-0.15, -0.1) is 0 Å². The molecule has 1 atom stereocenters. The van der Waals surface area contributed by atoms with E-state index in [4.69, 9.17) is 0 Å². The van der Waals surface area contributed by atoms with Crippen LogP contribution in [0, 0.1) is 5.92 Å². The van der Waals surface area contributed by atoms with Crippen molar-refractivity contribution in [3.8, 4) is 0 Å². The van der Waals surface area contributed by atoms with E-state index < -0.39 is 17.9 Å². The minimum absolute atomic E-state index is 0.0301. The molecule has 0 aromatic carbocycles. The Morgan fingerprint density at radius 3 is 2.15 bits per heavy atom. The molecule has 0 aliphatic heterocycles. The number of esters is 2. The van der Waals surface area contributed by atoms with E-state index in [1.54, 1.807) is 6.92 Å². The maximum absolute atomic E-state index is 11.0. The summed E-state index contributed by atoms with van der Waals surface area (Å²) in [6.07, 6.45) is 0.773. The highest BCUT2D eigenvalue weighted by Crippen LogP contribution is 2.07. The molecule has 0 saturated carbocycles. The highest BCUT2D eigenvalue weighted by atomic mass is 16.6. The Hall–Kier alpha value is -1.19. The molecule has 0 amide bonds. The smallest absolute Gasteiger partial charge is 0.316 e. The summed E-state index contributed by atoms with van der Waals surface area (Å²) in [5.41, 5.74) is 0. The highest BCUT2D eigenvalue weighted by molar-refractivity contribution is 5.85. The van der Waals surface area contributed by atoms with Gasteiger partial charge in [0.1, 0.15) is 5.78 Å². The fourth-order valence-corrected chi connectivity index (χ4v) is 0.780. The SMILES string of the molecule is CC(=O)CC[C@H](C)C(=O)OC(C)=O. The molecule has 0 bridgehead atoms. The standard InChI is InChI=1S/C9H14O4/c1-6(4-5-7(2)10)9(12)13-8(3)11/h6H,4-5H2,1-3H3/t6-/m0/s1. The number of ether oxygens (including phenoxy) is 1. The van der Waals surface area contributed by atoms with Crippen LogP contribution in [0.3, 0.4) is 0 Å².